The molecule has 8 nitrogen and oxygen atoms in total. The number of aromatic nitrogens is 2. The average Bonchev–Trinajstić information content (AvgIpc) is 3.17. The molecule has 2 aliphatic rings. The van der Waals surface area contributed by atoms with Crippen LogP contribution < -0.4 is 5.32 Å². The van der Waals surface area contributed by atoms with Crippen molar-refractivity contribution >= 4 is 15.9 Å². The van der Waals surface area contributed by atoms with Crippen LogP contribution >= 0.6 is 0 Å². The minimum absolute atomic E-state index is 0.0465. The summed E-state index contributed by atoms with van der Waals surface area (Å²) in [4.78, 5) is 22.2. The molecule has 1 aromatic carbocycles. The lowest BCUT2D eigenvalue weighted by Gasteiger charge is -2.36. The highest BCUT2D eigenvalue weighted by Gasteiger charge is 2.35. The number of nitrogens with zero attached hydrogens (tertiary/aromatic N) is 3. The van der Waals surface area contributed by atoms with Crippen LogP contribution in [0.1, 0.15) is 17.4 Å². The van der Waals surface area contributed by atoms with E-state index in [9.17, 15) is 13.2 Å². The van der Waals surface area contributed by atoms with Crippen molar-refractivity contribution in [3.63, 3.8) is 0 Å². The van der Waals surface area contributed by atoms with Crippen molar-refractivity contribution in [1.29, 1.82) is 0 Å². The van der Waals surface area contributed by atoms with E-state index in [1.807, 2.05) is 0 Å². The molecule has 1 saturated heterocycles. The summed E-state index contributed by atoms with van der Waals surface area (Å²) in [7, 11) is -3.51. The summed E-state index contributed by atoms with van der Waals surface area (Å²) in [6.45, 7) is 2.06. The zero-order valence-electron chi connectivity index (χ0n) is 14.3. The van der Waals surface area contributed by atoms with E-state index < -0.39 is 16.1 Å². The molecular formula is C17H21N5O3S. The maximum atomic E-state index is 12.9. The second kappa shape index (κ2) is 6.82. The lowest BCUT2D eigenvalue weighted by molar-refractivity contribution is -0.135. The molecule has 0 aliphatic carbocycles. The molecule has 26 heavy (non-hydrogen) atoms. The Morgan fingerprint density at radius 3 is 2.58 bits per heavy atom. The van der Waals surface area contributed by atoms with Gasteiger partial charge < -0.3 is 15.2 Å². The van der Waals surface area contributed by atoms with Gasteiger partial charge >= 0.3 is 0 Å². The van der Waals surface area contributed by atoms with E-state index in [1.165, 1.54) is 4.31 Å². The molecule has 2 N–H and O–H groups in total. The van der Waals surface area contributed by atoms with Gasteiger partial charge in [0.2, 0.25) is 15.9 Å². The smallest absolute Gasteiger partial charge is 0.246 e. The number of rotatable bonds is 3. The van der Waals surface area contributed by atoms with Crippen molar-refractivity contribution in [1.82, 2.24) is 24.5 Å². The molecule has 138 valence electrons. The zero-order valence-corrected chi connectivity index (χ0v) is 15.1. The van der Waals surface area contributed by atoms with Crippen molar-refractivity contribution in [2.75, 3.05) is 32.7 Å². The number of hydrogen-bond acceptors (Lipinski definition) is 5. The molecule has 1 atom stereocenters. The Kier molecular flexibility index (Phi) is 4.51. The number of carbonyl (C=O) groups is 1. The predicted octanol–water partition coefficient (Wildman–Crippen LogP) is 0.130. The Balaban J connectivity index is 1.44. The predicted molar refractivity (Wildman–Crippen MR) is 94.8 cm³/mol. The first-order chi connectivity index (χ1) is 12.6. The van der Waals surface area contributed by atoms with Crippen LogP contribution in [0.2, 0.25) is 0 Å². The molecule has 1 unspecified atom stereocenters. The van der Waals surface area contributed by atoms with Gasteiger partial charge in [-0.2, -0.15) is 4.31 Å². The van der Waals surface area contributed by atoms with E-state index in [-0.39, 0.29) is 10.8 Å². The molecule has 2 aromatic rings. The van der Waals surface area contributed by atoms with Crippen LogP contribution in [-0.4, -0.2) is 66.2 Å². The van der Waals surface area contributed by atoms with E-state index in [2.05, 4.69) is 15.3 Å². The summed E-state index contributed by atoms with van der Waals surface area (Å²) >= 11 is 0. The number of sulfonamides is 1. The molecule has 4 rings (SSSR count). The SMILES string of the molecule is O=C(C1NCCc2[nH]cnc21)N1CCN(S(=O)(=O)c2ccccc2)CC1. The lowest BCUT2D eigenvalue weighted by atomic mass is 10.0. The number of nitrogens with one attached hydrogen (secondary N) is 2. The minimum atomic E-state index is -3.51. The number of aromatic amines is 1. The number of piperazine rings is 1. The van der Waals surface area contributed by atoms with Crippen LogP contribution in [0.5, 0.6) is 0 Å². The molecule has 2 aliphatic heterocycles. The fourth-order valence-corrected chi connectivity index (χ4v) is 4.94. The molecule has 9 heteroatoms. The maximum absolute atomic E-state index is 12.9. The van der Waals surface area contributed by atoms with Crippen molar-refractivity contribution in [3.8, 4) is 0 Å². The number of imidazole rings is 1. The highest BCUT2D eigenvalue weighted by molar-refractivity contribution is 7.89. The molecule has 0 radical (unpaired) electrons. The molecule has 1 fully saturated rings. The summed E-state index contributed by atoms with van der Waals surface area (Å²) in [5.74, 6) is -0.0465. The van der Waals surface area contributed by atoms with Gasteiger partial charge in [0, 0.05) is 44.8 Å². The molecule has 1 amide bonds. The molecule has 3 heterocycles. The molecule has 0 bridgehead atoms. The van der Waals surface area contributed by atoms with Crippen molar-refractivity contribution in [2.45, 2.75) is 17.4 Å². The average molecular weight is 375 g/mol. The van der Waals surface area contributed by atoms with E-state index in [0.29, 0.717) is 32.7 Å². The summed E-state index contributed by atoms with van der Waals surface area (Å²) in [5.41, 5.74) is 1.74. The normalized spacial score (nSPS) is 21.4. The Hall–Kier alpha value is -2.23. The van der Waals surface area contributed by atoms with E-state index in [0.717, 1.165) is 17.8 Å². The quantitative estimate of drug-likeness (QED) is 0.795. The number of benzene rings is 1. The highest BCUT2D eigenvalue weighted by Crippen LogP contribution is 2.23. The Morgan fingerprint density at radius 2 is 1.85 bits per heavy atom. The van der Waals surface area contributed by atoms with Gasteiger partial charge in [0.15, 0.2) is 0 Å². The summed E-state index contributed by atoms with van der Waals surface area (Å²) in [6, 6.07) is 7.94. The van der Waals surface area contributed by atoms with Gasteiger partial charge in [-0.05, 0) is 12.1 Å². The van der Waals surface area contributed by atoms with Crippen LogP contribution in [0.3, 0.4) is 0 Å². The van der Waals surface area contributed by atoms with Crippen molar-refractivity contribution < 1.29 is 13.2 Å². The molecular weight excluding hydrogens is 354 g/mol. The number of hydrogen-bond donors (Lipinski definition) is 2. The van der Waals surface area contributed by atoms with Gasteiger partial charge in [-0.15, -0.1) is 0 Å². The van der Waals surface area contributed by atoms with Gasteiger partial charge in [0.25, 0.3) is 0 Å². The van der Waals surface area contributed by atoms with Crippen LogP contribution in [0.4, 0.5) is 0 Å². The molecule has 0 saturated carbocycles. The van der Waals surface area contributed by atoms with Gasteiger partial charge in [0.1, 0.15) is 6.04 Å². The molecule has 1 aromatic heterocycles. The van der Waals surface area contributed by atoms with Crippen LogP contribution in [0.25, 0.3) is 0 Å². The largest absolute Gasteiger partial charge is 0.348 e. The maximum Gasteiger partial charge on any atom is 0.246 e. The first-order valence-electron chi connectivity index (χ1n) is 8.67. The van der Waals surface area contributed by atoms with Gasteiger partial charge in [0.05, 0.1) is 16.9 Å². The highest BCUT2D eigenvalue weighted by atomic mass is 32.2. The van der Waals surface area contributed by atoms with Gasteiger partial charge in [-0.1, -0.05) is 18.2 Å². The fraction of sp³-hybridized carbons (Fsp3) is 0.412. The number of amides is 1. The second-order valence-corrected chi connectivity index (χ2v) is 8.38. The third-order valence-electron chi connectivity index (χ3n) is 4.93. The standard InChI is InChI=1S/C17H21N5O3S/c23-17(16-15-14(6-7-18-16)19-12-20-15)21-8-10-22(11-9-21)26(24,25)13-4-2-1-3-5-13/h1-5,12,16,18H,6-11H2,(H,19,20). The topological polar surface area (TPSA) is 98.4 Å². The summed E-state index contributed by atoms with van der Waals surface area (Å²) in [5, 5.41) is 3.22. The first kappa shape index (κ1) is 17.2. The van der Waals surface area contributed by atoms with Crippen LogP contribution in [0.15, 0.2) is 41.6 Å². The third kappa shape index (κ3) is 3.02. The number of fused-ring (bicyclic) bond motifs is 1. The van der Waals surface area contributed by atoms with E-state index >= 15 is 0 Å². The van der Waals surface area contributed by atoms with E-state index in [4.69, 9.17) is 0 Å². The Bertz CT molecular complexity index is 888. The van der Waals surface area contributed by atoms with Crippen molar-refractivity contribution in [3.05, 3.63) is 48.0 Å². The van der Waals surface area contributed by atoms with Crippen molar-refractivity contribution in [2.24, 2.45) is 0 Å². The zero-order chi connectivity index (χ0) is 18.1. The Morgan fingerprint density at radius 1 is 1.12 bits per heavy atom. The second-order valence-electron chi connectivity index (χ2n) is 6.45. The fourth-order valence-electron chi connectivity index (χ4n) is 3.50. The molecule has 0 spiro atoms. The van der Waals surface area contributed by atoms with Gasteiger partial charge in [-0.25, -0.2) is 13.4 Å². The monoisotopic (exact) mass is 375 g/mol. The van der Waals surface area contributed by atoms with Gasteiger partial charge in [-0.3, -0.25) is 4.79 Å². The Labute approximate surface area is 152 Å². The van der Waals surface area contributed by atoms with Crippen LogP contribution in [-0.2, 0) is 21.2 Å². The minimum Gasteiger partial charge on any atom is -0.348 e. The first-order valence-corrected chi connectivity index (χ1v) is 10.1. The number of H-pyrrole nitrogens is 1. The lowest BCUT2D eigenvalue weighted by Crippen LogP contribution is -2.53. The third-order valence-corrected chi connectivity index (χ3v) is 6.84. The summed E-state index contributed by atoms with van der Waals surface area (Å²) in [6.07, 6.45) is 2.44. The summed E-state index contributed by atoms with van der Waals surface area (Å²) < 4.78 is 26.8. The van der Waals surface area contributed by atoms with E-state index in [1.54, 1.807) is 41.6 Å². The number of carbonyl (C=O) groups excluding carboxylic acids is 1. The van der Waals surface area contributed by atoms with Crippen LogP contribution in [0, 0.1) is 0 Å².